The molecule has 0 bridgehead atoms. The van der Waals surface area contributed by atoms with Crippen LogP contribution in [0.2, 0.25) is 0 Å². The fourth-order valence-corrected chi connectivity index (χ4v) is 2.33. The van der Waals surface area contributed by atoms with Gasteiger partial charge in [-0.25, -0.2) is 0 Å². The Morgan fingerprint density at radius 2 is 1.62 bits per heavy atom. The van der Waals surface area contributed by atoms with Crippen molar-refractivity contribution in [1.82, 2.24) is 15.1 Å². The Morgan fingerprint density at radius 3 is 2.19 bits per heavy atom. The molecule has 1 aliphatic heterocycles. The van der Waals surface area contributed by atoms with E-state index in [1.807, 2.05) is 54.0 Å². The average molecular weight is 289 g/mol. The van der Waals surface area contributed by atoms with Gasteiger partial charge in [-0.15, -0.1) is 0 Å². The Bertz CT molecular complexity index is 480. The molecule has 5 nitrogen and oxygen atoms in total. The number of carbonyl (C=O) groups is 2. The fourth-order valence-electron chi connectivity index (χ4n) is 2.33. The highest BCUT2D eigenvalue weighted by Crippen LogP contribution is 2.08. The number of amides is 2. The zero-order valence-electron chi connectivity index (χ0n) is 12.7. The van der Waals surface area contributed by atoms with E-state index in [1.54, 1.807) is 0 Å². The van der Waals surface area contributed by atoms with Gasteiger partial charge in [0.1, 0.15) is 0 Å². The van der Waals surface area contributed by atoms with Gasteiger partial charge in [0.15, 0.2) is 0 Å². The van der Waals surface area contributed by atoms with Gasteiger partial charge in [0, 0.05) is 37.8 Å². The Kier molecular flexibility index (Phi) is 5.33. The molecule has 2 amide bonds. The highest BCUT2D eigenvalue weighted by atomic mass is 16.2. The highest BCUT2D eigenvalue weighted by molar-refractivity contribution is 5.94. The van der Waals surface area contributed by atoms with Gasteiger partial charge in [-0.3, -0.25) is 9.59 Å². The third kappa shape index (κ3) is 4.29. The van der Waals surface area contributed by atoms with Crippen LogP contribution >= 0.6 is 0 Å². The Balaban J connectivity index is 1.83. The first-order valence-electron chi connectivity index (χ1n) is 7.43. The summed E-state index contributed by atoms with van der Waals surface area (Å²) in [5, 5.41) is 3.13. The molecule has 1 aromatic carbocycles. The van der Waals surface area contributed by atoms with E-state index in [2.05, 4.69) is 5.32 Å². The molecule has 1 aliphatic rings. The lowest BCUT2D eigenvalue weighted by Gasteiger charge is -2.35. The first kappa shape index (κ1) is 15.5. The van der Waals surface area contributed by atoms with Gasteiger partial charge in [0.05, 0.1) is 6.54 Å². The summed E-state index contributed by atoms with van der Waals surface area (Å²) < 4.78 is 0. The Labute approximate surface area is 125 Å². The zero-order valence-corrected chi connectivity index (χ0v) is 12.7. The minimum atomic E-state index is 0.0444. The maximum absolute atomic E-state index is 12.3. The molecular formula is C16H23N3O2. The molecule has 1 heterocycles. The molecule has 0 atom stereocenters. The highest BCUT2D eigenvalue weighted by Gasteiger charge is 2.24. The standard InChI is InChI=1S/C16H23N3O2/c1-13(2)17-12-15(20)18-8-10-19(11-9-18)16(21)14-6-4-3-5-7-14/h3-7,13,17H,8-12H2,1-2H3. The Hall–Kier alpha value is -1.88. The lowest BCUT2D eigenvalue weighted by atomic mass is 10.2. The number of carbonyl (C=O) groups excluding carboxylic acids is 2. The fraction of sp³-hybridized carbons (Fsp3) is 0.500. The van der Waals surface area contributed by atoms with E-state index < -0.39 is 0 Å². The lowest BCUT2D eigenvalue weighted by Crippen LogP contribution is -2.52. The third-order valence-corrected chi connectivity index (χ3v) is 3.60. The van der Waals surface area contributed by atoms with Crippen molar-refractivity contribution in [2.24, 2.45) is 0 Å². The first-order valence-corrected chi connectivity index (χ1v) is 7.43. The normalized spacial score (nSPS) is 15.4. The number of nitrogens with one attached hydrogen (secondary N) is 1. The van der Waals surface area contributed by atoms with Gasteiger partial charge in [-0.2, -0.15) is 0 Å². The maximum Gasteiger partial charge on any atom is 0.253 e. The first-order chi connectivity index (χ1) is 10.1. The summed E-state index contributed by atoms with van der Waals surface area (Å²) in [5.74, 6) is 0.151. The second kappa shape index (κ2) is 7.22. The van der Waals surface area contributed by atoms with E-state index in [9.17, 15) is 9.59 Å². The number of hydrogen-bond acceptors (Lipinski definition) is 3. The SMILES string of the molecule is CC(C)NCC(=O)N1CCN(C(=O)c2ccccc2)CC1. The monoisotopic (exact) mass is 289 g/mol. The number of nitrogens with zero attached hydrogens (tertiary/aromatic N) is 2. The maximum atomic E-state index is 12.3. The van der Waals surface area contributed by atoms with Crippen LogP contribution in [0.3, 0.4) is 0 Å². The number of hydrogen-bond donors (Lipinski definition) is 1. The van der Waals surface area contributed by atoms with Crippen molar-refractivity contribution in [2.45, 2.75) is 19.9 Å². The quantitative estimate of drug-likeness (QED) is 0.898. The molecule has 1 fully saturated rings. The van der Waals surface area contributed by atoms with Crippen molar-refractivity contribution >= 4 is 11.8 Å². The van der Waals surface area contributed by atoms with Crippen molar-refractivity contribution in [3.8, 4) is 0 Å². The van der Waals surface area contributed by atoms with E-state index in [-0.39, 0.29) is 11.8 Å². The molecule has 0 radical (unpaired) electrons. The molecule has 0 aromatic heterocycles. The van der Waals surface area contributed by atoms with Crippen LogP contribution in [0.25, 0.3) is 0 Å². The van der Waals surface area contributed by atoms with Crippen LogP contribution in [0.5, 0.6) is 0 Å². The summed E-state index contributed by atoms with van der Waals surface area (Å²) in [5.41, 5.74) is 0.707. The van der Waals surface area contributed by atoms with Crippen molar-refractivity contribution in [1.29, 1.82) is 0 Å². The van der Waals surface area contributed by atoms with Crippen LogP contribution in [-0.4, -0.2) is 60.4 Å². The summed E-state index contributed by atoms with van der Waals surface area (Å²) in [4.78, 5) is 27.9. The second-order valence-electron chi connectivity index (χ2n) is 5.57. The molecule has 21 heavy (non-hydrogen) atoms. The van der Waals surface area contributed by atoms with Crippen molar-refractivity contribution < 1.29 is 9.59 Å². The Morgan fingerprint density at radius 1 is 1.05 bits per heavy atom. The van der Waals surface area contributed by atoms with E-state index >= 15 is 0 Å². The smallest absolute Gasteiger partial charge is 0.253 e. The summed E-state index contributed by atoms with van der Waals surface area (Å²) in [7, 11) is 0. The van der Waals surface area contributed by atoms with Crippen LogP contribution in [0.4, 0.5) is 0 Å². The van der Waals surface area contributed by atoms with E-state index in [0.717, 1.165) is 0 Å². The van der Waals surface area contributed by atoms with Crippen LogP contribution in [0.1, 0.15) is 24.2 Å². The van der Waals surface area contributed by atoms with Gasteiger partial charge in [-0.05, 0) is 12.1 Å². The predicted octanol–water partition coefficient (Wildman–Crippen LogP) is 0.969. The summed E-state index contributed by atoms with van der Waals surface area (Å²) in [6, 6.07) is 9.58. The minimum absolute atomic E-state index is 0.0444. The lowest BCUT2D eigenvalue weighted by molar-refractivity contribution is -0.131. The number of benzene rings is 1. The molecule has 0 saturated carbocycles. The molecule has 0 unspecified atom stereocenters. The molecule has 5 heteroatoms. The number of rotatable bonds is 4. The summed E-state index contributed by atoms with van der Waals surface area (Å²) in [6.45, 7) is 6.81. The molecule has 1 saturated heterocycles. The van der Waals surface area contributed by atoms with Crippen molar-refractivity contribution in [2.75, 3.05) is 32.7 Å². The second-order valence-corrected chi connectivity index (χ2v) is 5.57. The van der Waals surface area contributed by atoms with E-state index in [1.165, 1.54) is 0 Å². The van der Waals surface area contributed by atoms with Gasteiger partial charge in [-0.1, -0.05) is 32.0 Å². The van der Waals surface area contributed by atoms with Crippen molar-refractivity contribution in [3.05, 3.63) is 35.9 Å². The van der Waals surface area contributed by atoms with Gasteiger partial charge in [0.2, 0.25) is 5.91 Å². The van der Waals surface area contributed by atoms with Crippen LogP contribution < -0.4 is 5.32 Å². The average Bonchev–Trinajstić information content (AvgIpc) is 2.53. The molecule has 1 aromatic rings. The third-order valence-electron chi connectivity index (χ3n) is 3.60. The minimum Gasteiger partial charge on any atom is -0.338 e. The van der Waals surface area contributed by atoms with Crippen LogP contribution in [-0.2, 0) is 4.79 Å². The zero-order chi connectivity index (χ0) is 15.2. The predicted molar refractivity (Wildman–Crippen MR) is 82.1 cm³/mol. The van der Waals surface area contributed by atoms with Gasteiger partial charge < -0.3 is 15.1 Å². The van der Waals surface area contributed by atoms with Crippen LogP contribution in [0.15, 0.2) is 30.3 Å². The van der Waals surface area contributed by atoms with E-state index in [4.69, 9.17) is 0 Å². The van der Waals surface area contributed by atoms with Gasteiger partial charge >= 0.3 is 0 Å². The summed E-state index contributed by atoms with van der Waals surface area (Å²) >= 11 is 0. The molecular weight excluding hydrogens is 266 g/mol. The number of piperazine rings is 1. The van der Waals surface area contributed by atoms with Gasteiger partial charge in [0.25, 0.3) is 5.91 Å². The molecule has 2 rings (SSSR count). The molecule has 114 valence electrons. The van der Waals surface area contributed by atoms with Crippen molar-refractivity contribution in [3.63, 3.8) is 0 Å². The van der Waals surface area contributed by atoms with Crippen LogP contribution in [0, 0.1) is 0 Å². The summed E-state index contributed by atoms with van der Waals surface area (Å²) in [6.07, 6.45) is 0. The molecule has 1 N–H and O–H groups in total. The topological polar surface area (TPSA) is 52.7 Å². The molecule has 0 aliphatic carbocycles. The molecule has 0 spiro atoms. The van der Waals surface area contributed by atoms with E-state index in [0.29, 0.717) is 44.3 Å². The largest absolute Gasteiger partial charge is 0.338 e.